The molecule has 0 amide bonds. The van der Waals surface area contributed by atoms with Crippen molar-refractivity contribution < 1.29 is 4.39 Å². The molecular formula is C16H14ClFIN. The highest BCUT2D eigenvalue weighted by Crippen LogP contribution is 2.39. The van der Waals surface area contributed by atoms with Crippen molar-refractivity contribution >= 4 is 39.9 Å². The summed E-state index contributed by atoms with van der Waals surface area (Å²) in [6.07, 6.45) is 2.18. The van der Waals surface area contributed by atoms with E-state index in [2.05, 4.69) is 34.0 Å². The van der Waals surface area contributed by atoms with Gasteiger partial charge in [-0.15, -0.1) is 0 Å². The van der Waals surface area contributed by atoms with E-state index >= 15 is 0 Å². The van der Waals surface area contributed by atoms with Crippen LogP contribution in [0, 0.1) is 9.39 Å². The van der Waals surface area contributed by atoms with Gasteiger partial charge in [0.05, 0.1) is 0 Å². The molecule has 0 aromatic heterocycles. The molecule has 2 aromatic rings. The fourth-order valence-corrected chi connectivity index (χ4v) is 3.43. The van der Waals surface area contributed by atoms with Crippen LogP contribution in [0.4, 0.5) is 10.1 Å². The van der Waals surface area contributed by atoms with Crippen molar-refractivity contribution in [1.29, 1.82) is 0 Å². The van der Waals surface area contributed by atoms with Crippen LogP contribution in [0.15, 0.2) is 42.5 Å². The average Bonchev–Trinajstić information content (AvgIpc) is 2.35. The highest BCUT2D eigenvalue weighted by Gasteiger charge is 2.30. The molecule has 1 aliphatic rings. The summed E-state index contributed by atoms with van der Waals surface area (Å²) >= 11 is 8.18. The largest absolute Gasteiger partial charge is 0.381 e. The van der Waals surface area contributed by atoms with E-state index in [1.54, 1.807) is 6.07 Å². The maximum atomic E-state index is 13.1. The van der Waals surface area contributed by atoms with Crippen molar-refractivity contribution in [3.8, 4) is 0 Å². The first-order valence-electron chi connectivity index (χ1n) is 6.59. The lowest BCUT2D eigenvalue weighted by Crippen LogP contribution is -2.34. The quantitative estimate of drug-likeness (QED) is 0.675. The van der Waals surface area contributed by atoms with Crippen molar-refractivity contribution in [3.05, 3.63) is 62.4 Å². The molecule has 0 atom stereocenters. The van der Waals surface area contributed by atoms with E-state index in [-0.39, 0.29) is 5.82 Å². The molecule has 1 fully saturated rings. The van der Waals surface area contributed by atoms with Gasteiger partial charge in [0.2, 0.25) is 0 Å². The molecule has 0 heterocycles. The van der Waals surface area contributed by atoms with Gasteiger partial charge in [-0.3, -0.25) is 0 Å². The first kappa shape index (κ1) is 14.1. The number of halogens is 3. The minimum absolute atomic E-state index is 0.189. The van der Waals surface area contributed by atoms with Crippen LogP contribution in [0.25, 0.3) is 0 Å². The van der Waals surface area contributed by atoms with Crippen molar-refractivity contribution in [2.75, 3.05) is 5.32 Å². The lowest BCUT2D eigenvalue weighted by molar-refractivity contribution is 0.374. The van der Waals surface area contributed by atoms with Gasteiger partial charge in [-0.1, -0.05) is 23.7 Å². The maximum Gasteiger partial charge on any atom is 0.124 e. The fourth-order valence-electron chi connectivity index (χ4n) is 2.59. The second-order valence-corrected chi connectivity index (χ2v) is 6.79. The van der Waals surface area contributed by atoms with Gasteiger partial charge in [-0.05, 0) is 77.2 Å². The number of nitrogens with one attached hydrogen (secondary N) is 1. The van der Waals surface area contributed by atoms with Gasteiger partial charge >= 0.3 is 0 Å². The Labute approximate surface area is 136 Å². The zero-order valence-electron chi connectivity index (χ0n) is 10.7. The molecule has 3 rings (SSSR count). The lowest BCUT2D eigenvalue weighted by atomic mass is 9.76. The van der Waals surface area contributed by atoms with E-state index in [0.29, 0.717) is 12.0 Å². The van der Waals surface area contributed by atoms with E-state index in [0.717, 1.165) is 27.1 Å². The van der Waals surface area contributed by atoms with E-state index in [1.807, 2.05) is 24.3 Å². The minimum Gasteiger partial charge on any atom is -0.381 e. The van der Waals surface area contributed by atoms with Crippen LogP contribution in [0.3, 0.4) is 0 Å². The summed E-state index contributed by atoms with van der Waals surface area (Å²) in [4.78, 5) is 0. The number of hydrogen-bond donors (Lipinski definition) is 1. The molecular weight excluding hydrogens is 388 g/mol. The van der Waals surface area contributed by atoms with Gasteiger partial charge in [0, 0.05) is 20.3 Å². The van der Waals surface area contributed by atoms with Crippen LogP contribution < -0.4 is 5.32 Å². The Hall–Kier alpha value is -0.810. The molecule has 1 nitrogen and oxygen atoms in total. The molecule has 1 N–H and O–H groups in total. The molecule has 0 unspecified atom stereocenters. The van der Waals surface area contributed by atoms with Gasteiger partial charge < -0.3 is 5.32 Å². The highest BCUT2D eigenvalue weighted by molar-refractivity contribution is 14.1. The molecule has 0 saturated heterocycles. The summed E-state index contributed by atoms with van der Waals surface area (Å²) in [5.74, 6) is 0.384. The Morgan fingerprint density at radius 3 is 2.65 bits per heavy atom. The summed E-state index contributed by atoms with van der Waals surface area (Å²) in [5, 5.41) is 4.28. The van der Waals surface area contributed by atoms with Crippen LogP contribution >= 0.6 is 34.2 Å². The number of benzene rings is 2. The van der Waals surface area contributed by atoms with Gasteiger partial charge in [0.1, 0.15) is 5.82 Å². The maximum absolute atomic E-state index is 13.1. The summed E-state index contributed by atoms with van der Waals surface area (Å²) in [6, 6.07) is 13.4. The third-order valence-electron chi connectivity index (χ3n) is 3.75. The third kappa shape index (κ3) is 3.09. The topological polar surface area (TPSA) is 12.0 Å². The van der Waals surface area contributed by atoms with Crippen molar-refractivity contribution in [3.63, 3.8) is 0 Å². The van der Waals surface area contributed by atoms with Crippen molar-refractivity contribution in [1.82, 2.24) is 0 Å². The Morgan fingerprint density at radius 2 is 1.95 bits per heavy atom. The van der Waals surface area contributed by atoms with Crippen LogP contribution in [0.2, 0.25) is 5.02 Å². The van der Waals surface area contributed by atoms with Gasteiger partial charge in [-0.2, -0.15) is 0 Å². The molecule has 0 aliphatic heterocycles. The molecule has 0 bridgehead atoms. The van der Waals surface area contributed by atoms with Crippen LogP contribution in [0.1, 0.15) is 24.3 Å². The zero-order valence-corrected chi connectivity index (χ0v) is 13.7. The average molecular weight is 402 g/mol. The summed E-state index contributed by atoms with van der Waals surface area (Å²) < 4.78 is 14.0. The molecule has 1 aliphatic carbocycles. The van der Waals surface area contributed by atoms with E-state index in [4.69, 9.17) is 11.6 Å². The van der Waals surface area contributed by atoms with Crippen LogP contribution in [-0.2, 0) is 0 Å². The SMILES string of the molecule is Fc1ccc(NC2CC(c3cccc(Cl)c3)C2)c(I)c1. The number of rotatable bonds is 3. The lowest BCUT2D eigenvalue weighted by Gasteiger charge is -2.37. The Kier molecular flexibility index (Phi) is 4.17. The molecule has 20 heavy (non-hydrogen) atoms. The highest BCUT2D eigenvalue weighted by atomic mass is 127. The van der Waals surface area contributed by atoms with Crippen LogP contribution in [-0.4, -0.2) is 6.04 Å². The third-order valence-corrected chi connectivity index (χ3v) is 4.88. The van der Waals surface area contributed by atoms with E-state index in [1.165, 1.54) is 11.6 Å². The summed E-state index contributed by atoms with van der Waals surface area (Å²) in [5.41, 5.74) is 2.32. The van der Waals surface area contributed by atoms with E-state index in [9.17, 15) is 4.39 Å². The first-order valence-corrected chi connectivity index (χ1v) is 8.04. The smallest absolute Gasteiger partial charge is 0.124 e. The minimum atomic E-state index is -0.189. The Bertz CT molecular complexity index is 626. The van der Waals surface area contributed by atoms with Gasteiger partial charge in [0.15, 0.2) is 0 Å². The predicted octanol–water partition coefficient (Wildman–Crippen LogP) is 5.44. The first-order chi connectivity index (χ1) is 9.61. The Morgan fingerprint density at radius 1 is 1.15 bits per heavy atom. The second kappa shape index (κ2) is 5.90. The molecule has 0 spiro atoms. The Balaban J connectivity index is 1.61. The van der Waals surface area contributed by atoms with Crippen LogP contribution in [0.5, 0.6) is 0 Å². The monoisotopic (exact) mass is 401 g/mol. The van der Waals surface area contributed by atoms with Gasteiger partial charge in [0.25, 0.3) is 0 Å². The molecule has 2 aromatic carbocycles. The standard InChI is InChI=1S/C16H14ClFIN/c17-12-3-1-2-10(6-12)11-7-14(8-11)20-16-5-4-13(18)9-15(16)19/h1-6,9,11,14,20H,7-8H2. The number of hydrogen-bond acceptors (Lipinski definition) is 1. The molecule has 1 saturated carbocycles. The summed E-state index contributed by atoms with van der Waals surface area (Å²) in [6.45, 7) is 0. The predicted molar refractivity (Wildman–Crippen MR) is 90.0 cm³/mol. The number of anilines is 1. The zero-order chi connectivity index (χ0) is 14.1. The van der Waals surface area contributed by atoms with Crippen molar-refractivity contribution in [2.24, 2.45) is 0 Å². The normalized spacial score (nSPS) is 21.4. The fraction of sp³-hybridized carbons (Fsp3) is 0.250. The van der Waals surface area contributed by atoms with Gasteiger partial charge in [-0.25, -0.2) is 4.39 Å². The molecule has 104 valence electrons. The molecule has 0 radical (unpaired) electrons. The van der Waals surface area contributed by atoms with Crippen molar-refractivity contribution in [2.45, 2.75) is 24.8 Å². The summed E-state index contributed by atoms with van der Waals surface area (Å²) in [7, 11) is 0. The van der Waals surface area contributed by atoms with E-state index < -0.39 is 0 Å². The molecule has 4 heteroatoms. The second-order valence-electron chi connectivity index (χ2n) is 5.19.